The molecule has 0 aliphatic carbocycles. The third kappa shape index (κ3) is 18.2. The quantitative estimate of drug-likeness (QED) is 0.321. The largest absolute Gasteiger partial charge is 0 e. The molecule has 0 aromatic heterocycles. The van der Waals surface area contributed by atoms with E-state index in [1.807, 2.05) is 0 Å². The van der Waals surface area contributed by atoms with Gasteiger partial charge in [0.05, 0.1) is 0 Å². The summed E-state index contributed by atoms with van der Waals surface area (Å²) in [6.07, 6.45) is 0. The maximum Gasteiger partial charge on any atom is 0 e. The van der Waals surface area contributed by atoms with E-state index >= 15 is 0 Å². The third-order valence-corrected chi connectivity index (χ3v) is 0. The van der Waals surface area contributed by atoms with Crippen molar-refractivity contribution in [1.82, 2.24) is 0 Å². The summed E-state index contributed by atoms with van der Waals surface area (Å²) in [6, 6.07) is 0. The molecule has 0 saturated heterocycles. The Morgan fingerprint density at radius 1 is 1.00 bits per heavy atom. The molecule has 0 unspecified atom stereocenters. The van der Waals surface area contributed by atoms with Gasteiger partial charge in [-0.05, 0) is 0 Å². The molecule has 11 radical (unpaired) electrons. The molecule has 0 nitrogen and oxygen atoms in total. The van der Waals surface area contributed by atoms with E-state index in [9.17, 15) is 0 Å². The Balaban J connectivity index is 0. The fourth-order valence-corrected chi connectivity index (χ4v) is 0. The van der Waals surface area contributed by atoms with E-state index in [2.05, 4.69) is 0 Å². The van der Waals surface area contributed by atoms with Crippen LogP contribution in [0.5, 0.6) is 0 Å². The average Bonchev–Trinajstić information content (AvgIpc) is 0. The van der Waals surface area contributed by atoms with Crippen LogP contribution in [-0.2, 0) is 22.4 Å². The Kier molecular flexibility index (Phi) is 188. The first-order valence-electron chi connectivity index (χ1n) is 0. The maximum absolute atomic E-state index is 0. The van der Waals surface area contributed by atoms with Crippen molar-refractivity contribution < 1.29 is 22.4 Å². The molecular formula is AgInSbSeTe. The van der Waals surface area contributed by atoms with Crippen LogP contribution in [0.4, 0.5) is 0 Å². The summed E-state index contributed by atoms with van der Waals surface area (Å²) in [4.78, 5) is 0. The Labute approximate surface area is 111 Å². The van der Waals surface area contributed by atoms with Gasteiger partial charge in [-0.3, -0.25) is 0 Å². The van der Waals surface area contributed by atoms with Crippen molar-refractivity contribution in [3.05, 3.63) is 0 Å². The van der Waals surface area contributed by atoms with E-state index in [1.54, 1.807) is 0 Å². The number of rotatable bonds is 0. The molecular weight excluding hydrogens is 551 g/mol. The molecule has 0 amide bonds. The molecule has 0 spiro atoms. The van der Waals surface area contributed by atoms with Crippen LogP contribution < -0.4 is 0 Å². The molecule has 5 heavy (non-hydrogen) atoms. The molecule has 0 bridgehead atoms. The van der Waals surface area contributed by atoms with Gasteiger partial charge < -0.3 is 0 Å². The first-order valence-corrected chi connectivity index (χ1v) is 0. The van der Waals surface area contributed by atoms with Gasteiger partial charge in [0, 0.05) is 113 Å². The van der Waals surface area contributed by atoms with E-state index < -0.39 is 0 Å². The van der Waals surface area contributed by atoms with Crippen LogP contribution in [-0.4, -0.2) is 91.0 Å². The topological polar surface area (TPSA) is 0 Å². The van der Waals surface area contributed by atoms with Gasteiger partial charge >= 0.3 is 0 Å². The summed E-state index contributed by atoms with van der Waals surface area (Å²) in [6.45, 7) is 0. The minimum atomic E-state index is 0. The number of hydrogen-bond acceptors (Lipinski definition) is 0. The zero-order valence-electron chi connectivity index (χ0n) is 2.14. The van der Waals surface area contributed by atoms with Crippen LogP contribution in [0.3, 0.4) is 0 Å². The summed E-state index contributed by atoms with van der Waals surface area (Å²) >= 11 is 0. The second-order valence-corrected chi connectivity index (χ2v) is 0. The van der Waals surface area contributed by atoms with Crippen molar-refractivity contribution in [2.45, 2.75) is 0 Å². The van der Waals surface area contributed by atoms with Crippen molar-refractivity contribution in [1.29, 1.82) is 0 Å². The van der Waals surface area contributed by atoms with E-state index in [1.165, 1.54) is 0 Å². The van der Waals surface area contributed by atoms with Crippen LogP contribution in [0.15, 0.2) is 0 Å². The third-order valence-electron chi connectivity index (χ3n) is 0. The Hall–Kier alpha value is 3.74. The summed E-state index contributed by atoms with van der Waals surface area (Å²) in [5.74, 6) is 0. The van der Waals surface area contributed by atoms with Crippen molar-refractivity contribution >= 4 is 91.0 Å². The SMILES string of the molecule is [Ag].[In].[Sb].[Se].[Te]. The summed E-state index contributed by atoms with van der Waals surface area (Å²) < 4.78 is 0. The van der Waals surface area contributed by atoms with Crippen LogP contribution in [0.2, 0.25) is 0 Å². The molecule has 0 aromatic carbocycles. The second kappa shape index (κ2) is 25.1. The first kappa shape index (κ1) is 37.4. The minimum Gasteiger partial charge on any atom is 0 e. The zero-order valence-corrected chi connectivity index (χ0v) is 13.5. The van der Waals surface area contributed by atoms with Crippen molar-refractivity contribution in [3.63, 3.8) is 0 Å². The minimum absolute atomic E-state index is 0. The molecule has 0 saturated carbocycles. The molecule has 0 aromatic rings. The van der Waals surface area contributed by atoms with E-state index in [0.29, 0.717) is 0 Å². The molecule has 0 N–H and O–H groups in total. The molecule has 0 fully saturated rings. The normalized spacial score (nSPS) is 0. The van der Waals surface area contributed by atoms with Gasteiger partial charge in [-0.1, -0.05) is 0 Å². The van der Waals surface area contributed by atoms with E-state index in [0.717, 1.165) is 0 Å². The van der Waals surface area contributed by atoms with Gasteiger partial charge in [-0.25, -0.2) is 0 Å². The van der Waals surface area contributed by atoms with Crippen molar-refractivity contribution in [2.75, 3.05) is 0 Å². The Morgan fingerprint density at radius 2 is 1.00 bits per heavy atom. The average molecular weight is 551 g/mol. The summed E-state index contributed by atoms with van der Waals surface area (Å²) in [7, 11) is 0. The first-order chi connectivity index (χ1) is 0. The standard InChI is InChI=1S/Ag.In.Sb.Se.Te. The van der Waals surface area contributed by atoms with Crippen LogP contribution in [0, 0.1) is 0 Å². The van der Waals surface area contributed by atoms with Gasteiger partial charge in [0.15, 0.2) is 0 Å². The van der Waals surface area contributed by atoms with Crippen LogP contribution in [0.1, 0.15) is 0 Å². The van der Waals surface area contributed by atoms with Crippen molar-refractivity contribution in [2.24, 2.45) is 0 Å². The maximum atomic E-state index is 0. The fraction of sp³-hybridized carbons (Fsp3) is 0. The predicted octanol–water partition coefficient (Wildman–Crippen LogP) is -1.53. The Morgan fingerprint density at radius 3 is 1.00 bits per heavy atom. The van der Waals surface area contributed by atoms with Gasteiger partial charge in [-0.2, -0.15) is 0 Å². The van der Waals surface area contributed by atoms with Crippen LogP contribution in [0.25, 0.3) is 0 Å². The zero-order chi connectivity index (χ0) is 0. The molecule has 0 rings (SSSR count). The molecule has 0 atom stereocenters. The Bertz CT molecular complexity index is 11.6. The monoisotopic (exact) mass is 553 g/mol. The molecule has 0 aliphatic heterocycles. The van der Waals surface area contributed by atoms with Gasteiger partial charge in [0.25, 0.3) is 0 Å². The number of hydrogen-bond donors (Lipinski definition) is 0. The van der Waals surface area contributed by atoms with E-state index in [-0.39, 0.29) is 113 Å². The van der Waals surface area contributed by atoms with Gasteiger partial charge in [0.2, 0.25) is 0 Å². The molecule has 0 aliphatic rings. The fourth-order valence-electron chi connectivity index (χ4n) is 0. The van der Waals surface area contributed by atoms with Gasteiger partial charge in [-0.15, -0.1) is 0 Å². The van der Waals surface area contributed by atoms with Crippen molar-refractivity contribution in [3.8, 4) is 0 Å². The van der Waals surface area contributed by atoms with Gasteiger partial charge in [0.1, 0.15) is 0 Å². The molecule has 0 heterocycles. The molecule has 31 valence electrons. The second-order valence-electron chi connectivity index (χ2n) is 0. The van der Waals surface area contributed by atoms with Crippen LogP contribution >= 0.6 is 0 Å². The molecule has 5 heteroatoms. The van der Waals surface area contributed by atoms with E-state index in [4.69, 9.17) is 0 Å². The summed E-state index contributed by atoms with van der Waals surface area (Å²) in [5, 5.41) is 0. The predicted molar refractivity (Wildman–Crippen MR) is 23.0 cm³/mol. The summed E-state index contributed by atoms with van der Waals surface area (Å²) in [5.41, 5.74) is 0. The smallest absolute Gasteiger partial charge is 0 e.